The number of imidazole rings is 1. The number of nitriles is 1. The predicted octanol–water partition coefficient (Wildman–Crippen LogP) is 5.77. The number of nitrogens with zero attached hydrogens (tertiary/aromatic N) is 4. The number of benzene rings is 3. The first-order valence-electron chi connectivity index (χ1n) is 12.5. The van der Waals surface area contributed by atoms with Gasteiger partial charge in [-0.05, 0) is 53.5 Å². The summed E-state index contributed by atoms with van der Waals surface area (Å²) >= 11 is 0. The number of likely N-dealkylation sites (tertiary alicyclic amines) is 1. The van der Waals surface area contributed by atoms with Crippen molar-refractivity contribution in [1.29, 1.82) is 5.26 Å². The van der Waals surface area contributed by atoms with Crippen molar-refractivity contribution in [2.24, 2.45) is 11.8 Å². The van der Waals surface area contributed by atoms with E-state index in [1.165, 1.54) is 23.1 Å². The van der Waals surface area contributed by atoms with Crippen LogP contribution in [-0.4, -0.2) is 34.1 Å². The van der Waals surface area contributed by atoms with Gasteiger partial charge >= 0.3 is 0 Å². The second-order valence-corrected chi connectivity index (χ2v) is 9.83. The van der Waals surface area contributed by atoms with E-state index >= 15 is 0 Å². The van der Waals surface area contributed by atoms with Crippen molar-refractivity contribution < 1.29 is 0 Å². The van der Waals surface area contributed by atoms with Crippen molar-refractivity contribution in [2.45, 2.75) is 25.3 Å². The Balaban J connectivity index is 1.37. The van der Waals surface area contributed by atoms with E-state index in [0.29, 0.717) is 17.8 Å². The molecule has 4 aromatic rings. The van der Waals surface area contributed by atoms with E-state index in [-0.39, 0.29) is 0 Å². The van der Waals surface area contributed by atoms with E-state index in [4.69, 9.17) is 5.26 Å². The SMILES string of the molecule is N#Cc1ccc(CC2C[C@H](Cn3ccnc3)CN(CC(c3ccccc3)c3ccccc3)C2)cc1. The third kappa shape index (κ3) is 6.07. The molecule has 1 aliphatic heterocycles. The predicted molar refractivity (Wildman–Crippen MR) is 140 cm³/mol. The first-order chi connectivity index (χ1) is 17.3. The molecule has 2 heterocycles. The first kappa shape index (κ1) is 23.1. The lowest BCUT2D eigenvalue weighted by molar-refractivity contribution is 0.111. The van der Waals surface area contributed by atoms with E-state index in [1.54, 1.807) is 0 Å². The first-order valence-corrected chi connectivity index (χ1v) is 12.5. The molecule has 35 heavy (non-hydrogen) atoms. The van der Waals surface area contributed by atoms with Gasteiger partial charge in [-0.25, -0.2) is 4.98 Å². The molecule has 0 amide bonds. The molecular weight excluding hydrogens is 428 g/mol. The Labute approximate surface area is 208 Å². The second-order valence-electron chi connectivity index (χ2n) is 9.83. The summed E-state index contributed by atoms with van der Waals surface area (Å²) in [4.78, 5) is 6.95. The van der Waals surface area contributed by atoms with Crippen molar-refractivity contribution in [3.63, 3.8) is 0 Å². The molecule has 4 nitrogen and oxygen atoms in total. The van der Waals surface area contributed by atoms with Gasteiger partial charge in [0.1, 0.15) is 0 Å². The van der Waals surface area contributed by atoms with Gasteiger partial charge in [-0.15, -0.1) is 0 Å². The van der Waals surface area contributed by atoms with E-state index in [9.17, 15) is 0 Å². The molecule has 2 atom stereocenters. The minimum absolute atomic E-state index is 0.347. The zero-order valence-electron chi connectivity index (χ0n) is 20.1. The fourth-order valence-corrected chi connectivity index (χ4v) is 5.63. The third-order valence-corrected chi connectivity index (χ3v) is 7.18. The van der Waals surface area contributed by atoms with Crippen LogP contribution in [0.2, 0.25) is 0 Å². The second kappa shape index (κ2) is 11.2. The maximum atomic E-state index is 9.15. The van der Waals surface area contributed by atoms with Gasteiger partial charge in [-0.2, -0.15) is 5.26 Å². The molecule has 3 aromatic carbocycles. The summed E-state index contributed by atoms with van der Waals surface area (Å²) in [5.74, 6) is 1.51. The highest BCUT2D eigenvalue weighted by Crippen LogP contribution is 2.31. The van der Waals surface area contributed by atoms with Gasteiger partial charge in [-0.3, -0.25) is 0 Å². The van der Waals surface area contributed by atoms with Crippen LogP contribution in [0.3, 0.4) is 0 Å². The highest BCUT2D eigenvalue weighted by molar-refractivity contribution is 5.33. The largest absolute Gasteiger partial charge is 0.337 e. The Morgan fingerprint density at radius 3 is 2.11 bits per heavy atom. The van der Waals surface area contributed by atoms with Crippen molar-refractivity contribution in [3.8, 4) is 6.07 Å². The molecule has 0 bridgehead atoms. The van der Waals surface area contributed by atoms with Gasteiger partial charge in [-0.1, -0.05) is 72.8 Å². The molecule has 4 heteroatoms. The molecule has 1 fully saturated rings. The van der Waals surface area contributed by atoms with Crippen LogP contribution in [-0.2, 0) is 13.0 Å². The van der Waals surface area contributed by atoms with E-state index in [2.05, 4.69) is 99.5 Å². The van der Waals surface area contributed by atoms with Gasteiger partial charge in [0.05, 0.1) is 18.0 Å². The zero-order chi connectivity index (χ0) is 23.9. The van der Waals surface area contributed by atoms with Crippen LogP contribution >= 0.6 is 0 Å². The lowest BCUT2D eigenvalue weighted by Gasteiger charge is -2.40. The summed E-state index contributed by atoms with van der Waals surface area (Å²) in [5.41, 5.74) is 4.80. The van der Waals surface area contributed by atoms with Crippen LogP contribution in [0.15, 0.2) is 104 Å². The molecule has 0 spiro atoms. The van der Waals surface area contributed by atoms with Gasteiger partial charge in [0.25, 0.3) is 0 Å². The summed E-state index contributed by atoms with van der Waals surface area (Å²) in [6, 6.07) is 32.2. The minimum atomic E-state index is 0.347. The number of hydrogen-bond donors (Lipinski definition) is 0. The average molecular weight is 461 g/mol. The number of hydrogen-bond acceptors (Lipinski definition) is 3. The summed E-state index contributed by atoms with van der Waals surface area (Å²) in [6.45, 7) is 4.20. The van der Waals surface area contributed by atoms with E-state index in [0.717, 1.165) is 38.2 Å². The van der Waals surface area contributed by atoms with Crippen molar-refractivity contribution >= 4 is 0 Å². The molecule has 176 valence electrons. The fourth-order valence-electron chi connectivity index (χ4n) is 5.63. The summed E-state index contributed by atoms with van der Waals surface area (Å²) < 4.78 is 2.22. The molecule has 5 rings (SSSR count). The Kier molecular flexibility index (Phi) is 7.36. The van der Waals surface area contributed by atoms with E-state index < -0.39 is 0 Å². The highest BCUT2D eigenvalue weighted by atomic mass is 15.1. The van der Waals surface area contributed by atoms with E-state index in [1.807, 2.05) is 24.7 Å². The lowest BCUT2D eigenvalue weighted by Crippen LogP contribution is -2.44. The van der Waals surface area contributed by atoms with Crippen LogP contribution in [0.25, 0.3) is 0 Å². The average Bonchev–Trinajstić information content (AvgIpc) is 3.42. The maximum Gasteiger partial charge on any atom is 0.0991 e. The molecule has 0 aliphatic carbocycles. The van der Waals surface area contributed by atoms with Crippen molar-refractivity contribution in [1.82, 2.24) is 14.5 Å². The maximum absolute atomic E-state index is 9.15. The van der Waals surface area contributed by atoms with Gasteiger partial charge in [0.15, 0.2) is 0 Å². The number of aromatic nitrogens is 2. The molecule has 1 unspecified atom stereocenters. The standard InChI is InChI=1S/C31H32N4/c32-19-26-13-11-25(12-14-26)17-27-18-28(21-34-16-15-33-24-34)22-35(20-27)23-31(29-7-3-1-4-8-29)30-9-5-2-6-10-30/h1-16,24,27-28,31H,17-18,20-23H2/t27?,28-/m1/s1. The zero-order valence-corrected chi connectivity index (χ0v) is 20.1. The summed E-state index contributed by atoms with van der Waals surface area (Å²) in [5, 5.41) is 9.15. The summed E-state index contributed by atoms with van der Waals surface area (Å²) in [6.07, 6.45) is 8.13. The van der Waals surface area contributed by atoms with Gasteiger partial charge < -0.3 is 9.47 Å². The minimum Gasteiger partial charge on any atom is -0.337 e. The Morgan fingerprint density at radius 2 is 1.51 bits per heavy atom. The molecule has 1 saturated heterocycles. The van der Waals surface area contributed by atoms with Crippen LogP contribution in [0.5, 0.6) is 0 Å². The lowest BCUT2D eigenvalue weighted by atomic mass is 9.83. The number of piperidine rings is 1. The molecule has 1 aliphatic rings. The van der Waals surface area contributed by atoms with Crippen LogP contribution in [0.1, 0.15) is 34.6 Å². The normalized spacial score (nSPS) is 18.4. The third-order valence-electron chi connectivity index (χ3n) is 7.18. The van der Waals surface area contributed by atoms with Crippen molar-refractivity contribution in [2.75, 3.05) is 19.6 Å². The van der Waals surface area contributed by atoms with Crippen LogP contribution in [0, 0.1) is 23.2 Å². The molecule has 0 saturated carbocycles. The highest BCUT2D eigenvalue weighted by Gasteiger charge is 2.30. The summed E-state index contributed by atoms with van der Waals surface area (Å²) in [7, 11) is 0. The molecule has 1 aromatic heterocycles. The van der Waals surface area contributed by atoms with Crippen LogP contribution < -0.4 is 0 Å². The van der Waals surface area contributed by atoms with Crippen molar-refractivity contribution in [3.05, 3.63) is 126 Å². The Morgan fingerprint density at radius 1 is 0.857 bits per heavy atom. The fraction of sp³-hybridized carbons (Fsp3) is 0.290. The van der Waals surface area contributed by atoms with Crippen LogP contribution in [0.4, 0.5) is 0 Å². The van der Waals surface area contributed by atoms with Gasteiger partial charge in [0.2, 0.25) is 0 Å². The Bertz CT molecular complexity index is 1170. The molecule has 0 N–H and O–H groups in total. The topological polar surface area (TPSA) is 44.9 Å². The van der Waals surface area contributed by atoms with Gasteiger partial charge in [0, 0.05) is 44.5 Å². The quantitative estimate of drug-likeness (QED) is 0.335. The monoisotopic (exact) mass is 460 g/mol. The smallest absolute Gasteiger partial charge is 0.0991 e. The molecule has 0 radical (unpaired) electrons. The Hall–Kier alpha value is -3.68. The number of rotatable bonds is 8. The molecular formula is C31H32N4.